The Kier molecular flexibility index (Phi) is 5.40. The molecular weight excluding hydrogens is 382 g/mol. The largest absolute Gasteiger partial charge is 0.377 e. The molecule has 1 unspecified atom stereocenters. The van der Waals surface area contributed by atoms with Crippen molar-refractivity contribution in [1.29, 1.82) is 0 Å². The summed E-state index contributed by atoms with van der Waals surface area (Å²) in [5.74, 6) is 0.188. The van der Waals surface area contributed by atoms with Crippen LogP contribution in [-0.4, -0.2) is 58.1 Å². The maximum absolute atomic E-state index is 12.7. The Balaban J connectivity index is 1.43. The van der Waals surface area contributed by atoms with Gasteiger partial charge in [-0.25, -0.2) is 0 Å². The number of thiophene rings is 1. The second-order valence-electron chi connectivity index (χ2n) is 6.04. The van der Waals surface area contributed by atoms with Crippen LogP contribution in [0.15, 0.2) is 46.6 Å². The van der Waals surface area contributed by atoms with Gasteiger partial charge >= 0.3 is 0 Å². The highest BCUT2D eigenvalue weighted by molar-refractivity contribution is 7.13. The normalized spacial score (nSPS) is 16.7. The van der Waals surface area contributed by atoms with Crippen molar-refractivity contribution < 1.29 is 18.8 Å². The molecule has 0 aliphatic carbocycles. The number of hydrogen-bond donors (Lipinski definition) is 1. The third kappa shape index (κ3) is 3.92. The first-order chi connectivity index (χ1) is 13.7. The Morgan fingerprint density at radius 3 is 3.04 bits per heavy atom. The molecule has 3 aromatic heterocycles. The molecule has 1 aliphatic rings. The molecule has 28 heavy (non-hydrogen) atoms. The van der Waals surface area contributed by atoms with Gasteiger partial charge in [0.2, 0.25) is 11.7 Å². The van der Waals surface area contributed by atoms with Crippen molar-refractivity contribution in [2.24, 2.45) is 0 Å². The first kappa shape index (κ1) is 18.3. The van der Waals surface area contributed by atoms with Crippen LogP contribution in [0.1, 0.15) is 22.3 Å². The first-order valence-electron chi connectivity index (χ1n) is 8.65. The fourth-order valence-corrected chi connectivity index (χ4v) is 3.49. The number of rotatable bonds is 5. The zero-order valence-electron chi connectivity index (χ0n) is 14.8. The van der Waals surface area contributed by atoms with E-state index in [9.17, 15) is 9.59 Å². The molecule has 1 N–H and O–H groups in total. The molecule has 1 saturated heterocycles. The van der Waals surface area contributed by atoms with Crippen LogP contribution in [0.4, 0.5) is 0 Å². The quantitative estimate of drug-likeness (QED) is 0.692. The smallest absolute Gasteiger partial charge is 0.253 e. The van der Waals surface area contributed by atoms with Gasteiger partial charge in [-0.05, 0) is 23.6 Å². The summed E-state index contributed by atoms with van der Waals surface area (Å²) < 4.78 is 10.9. The number of hydrogen-bond acceptors (Lipinski definition) is 8. The van der Waals surface area contributed by atoms with Gasteiger partial charge in [-0.1, -0.05) is 11.2 Å². The van der Waals surface area contributed by atoms with Crippen LogP contribution in [0, 0.1) is 0 Å². The molecule has 0 saturated carbocycles. The predicted molar refractivity (Wildman–Crippen MR) is 99.5 cm³/mol. The number of nitrogens with one attached hydrogen (secondary N) is 1. The maximum atomic E-state index is 12.7. The standard InChI is InChI=1S/C18H17N5O4S/c24-15(10-20-17(25)12-3-1-5-19-9-12)23-6-7-26-11-13(23)18-21-16(22-27-18)14-4-2-8-28-14/h1-5,8-9,13H,6-7,10-11H2,(H,20,25). The average Bonchev–Trinajstić information content (AvgIpc) is 3.44. The minimum atomic E-state index is -0.488. The van der Waals surface area contributed by atoms with E-state index in [0.717, 1.165) is 4.88 Å². The molecule has 0 spiro atoms. The van der Waals surface area contributed by atoms with Crippen LogP contribution >= 0.6 is 11.3 Å². The Bertz CT molecular complexity index is 944. The molecule has 1 atom stereocenters. The number of nitrogens with zero attached hydrogens (tertiary/aromatic N) is 4. The molecule has 1 fully saturated rings. The molecule has 0 bridgehead atoms. The average molecular weight is 399 g/mol. The topological polar surface area (TPSA) is 110 Å². The van der Waals surface area contributed by atoms with Gasteiger partial charge in [-0.2, -0.15) is 4.98 Å². The molecule has 2 amide bonds. The fourth-order valence-electron chi connectivity index (χ4n) is 2.84. The maximum Gasteiger partial charge on any atom is 0.253 e. The number of morpholine rings is 1. The second-order valence-corrected chi connectivity index (χ2v) is 6.98. The van der Waals surface area contributed by atoms with Crippen LogP contribution in [0.25, 0.3) is 10.7 Å². The fraction of sp³-hybridized carbons (Fsp3) is 0.278. The van der Waals surface area contributed by atoms with Gasteiger partial charge in [0.1, 0.15) is 6.04 Å². The zero-order chi connectivity index (χ0) is 19.3. The summed E-state index contributed by atoms with van der Waals surface area (Å²) in [6, 6.07) is 6.61. The molecule has 144 valence electrons. The van der Waals surface area contributed by atoms with Crippen molar-refractivity contribution in [3.05, 3.63) is 53.5 Å². The van der Waals surface area contributed by atoms with Crippen molar-refractivity contribution in [2.75, 3.05) is 26.3 Å². The highest BCUT2D eigenvalue weighted by Crippen LogP contribution is 2.27. The predicted octanol–water partition coefficient (Wildman–Crippen LogP) is 1.52. The molecule has 4 heterocycles. The Morgan fingerprint density at radius 2 is 2.25 bits per heavy atom. The van der Waals surface area contributed by atoms with Crippen LogP contribution in [0.5, 0.6) is 0 Å². The minimum absolute atomic E-state index is 0.143. The van der Waals surface area contributed by atoms with E-state index < -0.39 is 6.04 Å². The van der Waals surface area contributed by atoms with E-state index >= 15 is 0 Å². The number of aromatic nitrogens is 3. The van der Waals surface area contributed by atoms with Gasteiger partial charge in [-0.3, -0.25) is 14.6 Å². The minimum Gasteiger partial charge on any atom is -0.377 e. The van der Waals surface area contributed by atoms with E-state index in [1.54, 1.807) is 23.2 Å². The highest BCUT2D eigenvalue weighted by Gasteiger charge is 2.33. The third-order valence-electron chi connectivity index (χ3n) is 4.24. The van der Waals surface area contributed by atoms with Crippen molar-refractivity contribution >= 4 is 23.2 Å². The molecule has 3 aromatic rings. The van der Waals surface area contributed by atoms with Crippen LogP contribution in [0.3, 0.4) is 0 Å². The summed E-state index contributed by atoms with van der Waals surface area (Å²) in [4.78, 5) is 35.6. The lowest BCUT2D eigenvalue weighted by atomic mass is 10.2. The molecular formula is C18H17N5O4S. The summed E-state index contributed by atoms with van der Waals surface area (Å²) in [5, 5.41) is 8.54. The van der Waals surface area contributed by atoms with Gasteiger partial charge in [0, 0.05) is 18.9 Å². The van der Waals surface area contributed by atoms with Crippen molar-refractivity contribution in [3.63, 3.8) is 0 Å². The van der Waals surface area contributed by atoms with Crippen molar-refractivity contribution in [1.82, 2.24) is 25.3 Å². The monoisotopic (exact) mass is 399 g/mol. The summed E-state index contributed by atoms with van der Waals surface area (Å²) in [5.41, 5.74) is 0.395. The molecule has 10 heteroatoms. The van der Waals surface area contributed by atoms with E-state index in [1.165, 1.54) is 17.5 Å². The highest BCUT2D eigenvalue weighted by atomic mass is 32.1. The molecule has 1 aliphatic heterocycles. The molecule has 0 aromatic carbocycles. The van der Waals surface area contributed by atoms with Crippen LogP contribution in [-0.2, 0) is 9.53 Å². The van der Waals surface area contributed by atoms with Gasteiger partial charge in [-0.15, -0.1) is 11.3 Å². The first-order valence-corrected chi connectivity index (χ1v) is 9.53. The molecule has 0 radical (unpaired) electrons. The van der Waals surface area contributed by atoms with Crippen LogP contribution in [0.2, 0.25) is 0 Å². The number of carbonyl (C=O) groups excluding carboxylic acids is 2. The van der Waals surface area contributed by atoms with E-state index in [1.807, 2.05) is 17.5 Å². The molecule has 9 nitrogen and oxygen atoms in total. The number of amides is 2. The Labute approximate surface area is 164 Å². The Morgan fingerprint density at radius 1 is 1.32 bits per heavy atom. The zero-order valence-corrected chi connectivity index (χ0v) is 15.6. The lowest BCUT2D eigenvalue weighted by Gasteiger charge is -2.33. The summed E-state index contributed by atoms with van der Waals surface area (Å²) in [7, 11) is 0. The SMILES string of the molecule is O=C(NCC(=O)N1CCOCC1c1nc(-c2cccs2)no1)c1cccnc1. The van der Waals surface area contributed by atoms with E-state index in [4.69, 9.17) is 9.26 Å². The Hall–Kier alpha value is -3.11. The number of carbonyl (C=O) groups is 2. The van der Waals surface area contributed by atoms with Crippen molar-refractivity contribution in [3.8, 4) is 10.7 Å². The van der Waals surface area contributed by atoms with Crippen LogP contribution < -0.4 is 5.32 Å². The summed E-state index contributed by atoms with van der Waals surface area (Å²) in [6.45, 7) is 0.901. The van der Waals surface area contributed by atoms with E-state index in [-0.39, 0.29) is 25.0 Å². The van der Waals surface area contributed by atoms with Gasteiger partial charge in [0.15, 0.2) is 0 Å². The lowest BCUT2D eigenvalue weighted by Crippen LogP contribution is -2.47. The second kappa shape index (κ2) is 8.28. The number of pyridine rings is 1. The van der Waals surface area contributed by atoms with Crippen molar-refractivity contribution in [2.45, 2.75) is 6.04 Å². The summed E-state index contributed by atoms with van der Waals surface area (Å²) in [6.07, 6.45) is 3.02. The van der Waals surface area contributed by atoms with Gasteiger partial charge < -0.3 is 19.5 Å². The van der Waals surface area contributed by atoms with E-state index in [2.05, 4.69) is 20.4 Å². The van der Waals surface area contributed by atoms with Gasteiger partial charge in [0.05, 0.1) is 30.2 Å². The third-order valence-corrected chi connectivity index (χ3v) is 5.11. The van der Waals surface area contributed by atoms with Gasteiger partial charge in [0.25, 0.3) is 11.8 Å². The number of ether oxygens (including phenoxy) is 1. The lowest BCUT2D eigenvalue weighted by molar-refractivity contribution is -0.140. The molecule has 4 rings (SSSR count). The summed E-state index contributed by atoms with van der Waals surface area (Å²) >= 11 is 1.50. The van der Waals surface area contributed by atoms with E-state index in [0.29, 0.717) is 30.4 Å².